The maximum atomic E-state index is 10.9. The number of hydrogen-bond donors (Lipinski definition) is 0. The zero-order valence-electron chi connectivity index (χ0n) is 13.1. The van der Waals surface area contributed by atoms with Crippen LogP contribution in [-0.2, 0) is 14.3 Å². The molecule has 1 aromatic rings. The Morgan fingerprint density at radius 2 is 1.86 bits per heavy atom. The zero-order valence-corrected chi connectivity index (χ0v) is 13.1. The molecule has 0 atom stereocenters. The molecule has 0 aromatic carbocycles. The monoisotopic (exact) mass is 308 g/mol. The number of carbonyl (C=O) groups excluding carboxylic acids is 2. The third kappa shape index (κ3) is 10.5. The van der Waals surface area contributed by atoms with Gasteiger partial charge in [0.05, 0.1) is 6.26 Å². The van der Waals surface area contributed by atoms with Crippen molar-refractivity contribution in [1.29, 1.82) is 0 Å². The summed E-state index contributed by atoms with van der Waals surface area (Å²) in [5, 5.41) is 0. The predicted octanol–water partition coefficient (Wildman–Crippen LogP) is 3.92. The van der Waals surface area contributed by atoms with Crippen LogP contribution in [0.1, 0.15) is 43.2 Å². The van der Waals surface area contributed by atoms with Crippen LogP contribution in [0.15, 0.2) is 48.1 Å². The van der Waals surface area contributed by atoms with Gasteiger partial charge in [-0.25, -0.2) is 4.79 Å². The minimum absolute atomic E-state index is 0.113. The first-order valence-electron chi connectivity index (χ1n) is 7.23. The Hall–Kier alpha value is -2.30. The van der Waals surface area contributed by atoms with Crippen molar-refractivity contribution in [1.82, 2.24) is 0 Å². The van der Waals surface area contributed by atoms with E-state index in [2.05, 4.69) is 24.8 Å². The third-order valence-electron chi connectivity index (χ3n) is 2.40. The Bertz CT molecular complexity index is 434. The van der Waals surface area contributed by atoms with Gasteiger partial charge in [0.25, 0.3) is 0 Å². The molecule has 0 bridgehead atoms. The van der Waals surface area contributed by atoms with E-state index in [-0.39, 0.29) is 18.3 Å². The first-order valence-corrected chi connectivity index (χ1v) is 7.23. The van der Waals surface area contributed by atoms with E-state index in [1.807, 2.05) is 0 Å². The van der Waals surface area contributed by atoms with Crippen molar-refractivity contribution in [2.75, 3.05) is 13.2 Å². The highest BCUT2D eigenvalue weighted by Crippen LogP contribution is 2.01. The van der Waals surface area contributed by atoms with Gasteiger partial charge in [0.1, 0.15) is 13.2 Å². The number of esters is 2. The van der Waals surface area contributed by atoms with E-state index in [1.165, 1.54) is 12.3 Å². The molecular weight excluding hydrogens is 284 g/mol. The second-order valence-electron chi connectivity index (χ2n) is 4.29. The lowest BCUT2D eigenvalue weighted by Gasteiger charge is -1.99. The Morgan fingerprint density at radius 1 is 1.18 bits per heavy atom. The Labute approximate surface area is 131 Å². The average molecular weight is 308 g/mol. The lowest BCUT2D eigenvalue weighted by Crippen LogP contribution is -2.03. The zero-order chi connectivity index (χ0) is 16.6. The molecule has 22 heavy (non-hydrogen) atoms. The van der Waals surface area contributed by atoms with Gasteiger partial charge < -0.3 is 13.9 Å². The van der Waals surface area contributed by atoms with Gasteiger partial charge in [-0.1, -0.05) is 45.1 Å². The van der Waals surface area contributed by atoms with E-state index in [0.717, 1.165) is 19.3 Å². The van der Waals surface area contributed by atoms with Crippen molar-refractivity contribution >= 4 is 11.9 Å². The molecule has 0 aliphatic heterocycles. The quantitative estimate of drug-likeness (QED) is 0.393. The van der Waals surface area contributed by atoms with E-state index in [0.29, 0.717) is 13.0 Å². The Kier molecular flexibility index (Phi) is 12.2. The lowest BCUT2D eigenvalue weighted by atomic mass is 10.2. The molecule has 0 N–H and O–H groups in total. The van der Waals surface area contributed by atoms with Crippen LogP contribution in [0, 0.1) is 0 Å². The SMILES string of the molecule is C=CCOC(=O)CCCCC.C=CCOC(=O)c1ccco1. The maximum absolute atomic E-state index is 10.9. The van der Waals surface area contributed by atoms with Crippen molar-refractivity contribution in [2.45, 2.75) is 32.6 Å². The molecule has 1 rings (SSSR count). The van der Waals surface area contributed by atoms with Gasteiger partial charge in [0.15, 0.2) is 0 Å². The van der Waals surface area contributed by atoms with Gasteiger partial charge in [-0.15, -0.1) is 0 Å². The highest BCUT2D eigenvalue weighted by Gasteiger charge is 2.07. The van der Waals surface area contributed by atoms with E-state index in [4.69, 9.17) is 9.15 Å². The van der Waals surface area contributed by atoms with Gasteiger partial charge in [-0.2, -0.15) is 0 Å². The van der Waals surface area contributed by atoms with E-state index in [9.17, 15) is 9.59 Å². The fourth-order valence-corrected chi connectivity index (χ4v) is 1.34. The number of rotatable bonds is 9. The topological polar surface area (TPSA) is 65.7 Å². The molecule has 0 spiro atoms. The first kappa shape index (κ1) is 19.7. The molecule has 0 amide bonds. The van der Waals surface area contributed by atoms with Crippen molar-refractivity contribution in [3.05, 3.63) is 49.5 Å². The largest absolute Gasteiger partial charge is 0.461 e. The second-order valence-corrected chi connectivity index (χ2v) is 4.29. The van der Waals surface area contributed by atoms with Crippen LogP contribution in [0.25, 0.3) is 0 Å². The molecule has 1 aromatic heterocycles. The summed E-state index contributed by atoms with van der Waals surface area (Å²) >= 11 is 0. The van der Waals surface area contributed by atoms with Gasteiger partial charge in [0.2, 0.25) is 5.76 Å². The van der Waals surface area contributed by atoms with Crippen LogP contribution in [-0.4, -0.2) is 25.2 Å². The summed E-state index contributed by atoms with van der Waals surface area (Å²) in [4.78, 5) is 21.7. The summed E-state index contributed by atoms with van der Waals surface area (Å²) in [7, 11) is 0. The Balaban J connectivity index is 0.000000401. The molecule has 0 aliphatic carbocycles. The molecule has 122 valence electrons. The summed E-state index contributed by atoms with van der Waals surface area (Å²) in [6.07, 6.45) is 8.22. The molecule has 5 heteroatoms. The minimum atomic E-state index is -0.463. The number of ether oxygens (including phenoxy) is 2. The molecule has 0 fully saturated rings. The van der Waals surface area contributed by atoms with Crippen LogP contribution in [0.4, 0.5) is 0 Å². The maximum Gasteiger partial charge on any atom is 0.374 e. The second kappa shape index (κ2) is 13.7. The van der Waals surface area contributed by atoms with Crippen molar-refractivity contribution in [2.24, 2.45) is 0 Å². The lowest BCUT2D eigenvalue weighted by molar-refractivity contribution is -0.142. The molecule has 0 saturated carbocycles. The van der Waals surface area contributed by atoms with Crippen LogP contribution < -0.4 is 0 Å². The summed E-state index contributed by atoms with van der Waals surface area (Å²) in [5.41, 5.74) is 0. The van der Waals surface area contributed by atoms with Crippen molar-refractivity contribution in [3.8, 4) is 0 Å². The fraction of sp³-hybridized carbons (Fsp3) is 0.412. The fourth-order valence-electron chi connectivity index (χ4n) is 1.34. The first-order chi connectivity index (χ1) is 10.7. The summed E-state index contributed by atoms with van der Waals surface area (Å²) in [6, 6.07) is 3.18. The Morgan fingerprint density at radius 3 is 2.41 bits per heavy atom. The standard InChI is InChI=1S/C9H16O2.C8H8O3/c1-3-5-6-7-9(10)11-8-4-2;1-2-5-11-8(9)7-4-3-6-10-7/h4H,2-3,5-8H2,1H3;2-4,6H,1,5H2. The van der Waals surface area contributed by atoms with E-state index >= 15 is 0 Å². The van der Waals surface area contributed by atoms with E-state index < -0.39 is 5.97 Å². The van der Waals surface area contributed by atoms with Crippen LogP contribution in [0.5, 0.6) is 0 Å². The van der Waals surface area contributed by atoms with Crippen LogP contribution in [0.3, 0.4) is 0 Å². The molecular formula is C17H24O5. The highest BCUT2D eigenvalue weighted by atomic mass is 16.5. The molecule has 0 saturated heterocycles. The molecule has 0 unspecified atom stereocenters. The average Bonchev–Trinajstić information content (AvgIpc) is 3.06. The van der Waals surface area contributed by atoms with Gasteiger partial charge in [-0.05, 0) is 18.6 Å². The third-order valence-corrected chi connectivity index (χ3v) is 2.40. The normalized spacial score (nSPS) is 9.14. The van der Waals surface area contributed by atoms with Crippen molar-refractivity contribution in [3.63, 3.8) is 0 Å². The van der Waals surface area contributed by atoms with Crippen molar-refractivity contribution < 1.29 is 23.5 Å². The molecule has 1 heterocycles. The highest BCUT2D eigenvalue weighted by molar-refractivity contribution is 5.86. The minimum Gasteiger partial charge on any atom is -0.461 e. The van der Waals surface area contributed by atoms with Crippen LogP contribution in [0.2, 0.25) is 0 Å². The molecule has 0 aliphatic rings. The number of carbonyl (C=O) groups is 2. The number of hydrogen-bond acceptors (Lipinski definition) is 5. The van der Waals surface area contributed by atoms with E-state index in [1.54, 1.807) is 18.2 Å². The molecule has 0 radical (unpaired) electrons. The predicted molar refractivity (Wildman–Crippen MR) is 84.5 cm³/mol. The smallest absolute Gasteiger partial charge is 0.374 e. The van der Waals surface area contributed by atoms with Crippen LogP contribution >= 0.6 is 0 Å². The molecule has 5 nitrogen and oxygen atoms in total. The summed E-state index contributed by atoms with van der Waals surface area (Å²) < 4.78 is 14.2. The van der Waals surface area contributed by atoms with Gasteiger partial charge in [-0.3, -0.25) is 4.79 Å². The van der Waals surface area contributed by atoms with Gasteiger partial charge >= 0.3 is 11.9 Å². The number of furan rings is 1. The summed E-state index contributed by atoms with van der Waals surface area (Å²) in [6.45, 7) is 9.51. The summed E-state index contributed by atoms with van der Waals surface area (Å²) in [5.74, 6) is -0.361. The number of unbranched alkanes of at least 4 members (excludes halogenated alkanes) is 2. The van der Waals surface area contributed by atoms with Gasteiger partial charge in [0, 0.05) is 6.42 Å².